The third kappa shape index (κ3) is 4.30. The number of hydrogen-bond donors (Lipinski definition) is 1. The summed E-state index contributed by atoms with van der Waals surface area (Å²) < 4.78 is 0. The number of pyridine rings is 1. The number of piperidine rings is 1. The maximum absolute atomic E-state index is 8.81. The van der Waals surface area contributed by atoms with Crippen LogP contribution < -0.4 is 10.2 Å². The summed E-state index contributed by atoms with van der Waals surface area (Å²) in [6.07, 6.45) is 5.77. The zero-order valence-electron chi connectivity index (χ0n) is 13.3. The van der Waals surface area contributed by atoms with Crippen LogP contribution in [0.25, 0.3) is 0 Å². The molecule has 23 heavy (non-hydrogen) atoms. The van der Waals surface area contributed by atoms with E-state index in [0.29, 0.717) is 5.56 Å². The smallest absolute Gasteiger partial charge is 0.128 e. The average molecular weight is 306 g/mol. The topological polar surface area (TPSA) is 52.0 Å². The Bertz CT molecular complexity index is 667. The highest BCUT2D eigenvalue weighted by molar-refractivity contribution is 5.41. The molecule has 0 atom stereocenters. The van der Waals surface area contributed by atoms with Gasteiger partial charge in [-0.05, 0) is 54.7 Å². The summed E-state index contributed by atoms with van der Waals surface area (Å²) in [5, 5.41) is 12.3. The lowest BCUT2D eigenvalue weighted by atomic mass is 10.1. The summed E-state index contributed by atoms with van der Waals surface area (Å²) in [7, 11) is 0. The van der Waals surface area contributed by atoms with Gasteiger partial charge in [0.05, 0.1) is 11.6 Å². The standard InChI is InChI=1S/C19H22N4/c20-13-16-4-6-17(7-5-16)14-21-15-18-8-9-22-19(12-18)23-10-2-1-3-11-23/h4-9,12,21H,1-3,10-11,14-15H2. The number of rotatable bonds is 5. The molecular formula is C19H22N4. The van der Waals surface area contributed by atoms with Gasteiger partial charge in [-0.2, -0.15) is 5.26 Å². The second kappa shape index (κ2) is 7.75. The number of nitrogens with one attached hydrogen (secondary N) is 1. The van der Waals surface area contributed by atoms with Crippen LogP contribution in [0.15, 0.2) is 42.6 Å². The van der Waals surface area contributed by atoms with Crippen molar-refractivity contribution in [3.05, 3.63) is 59.3 Å². The molecule has 0 bridgehead atoms. The van der Waals surface area contributed by atoms with Gasteiger partial charge in [0, 0.05) is 32.4 Å². The molecular weight excluding hydrogens is 284 g/mol. The fourth-order valence-corrected chi connectivity index (χ4v) is 2.91. The zero-order chi connectivity index (χ0) is 15.9. The van der Waals surface area contributed by atoms with Gasteiger partial charge in [-0.25, -0.2) is 4.98 Å². The van der Waals surface area contributed by atoms with Crippen LogP contribution in [-0.4, -0.2) is 18.1 Å². The van der Waals surface area contributed by atoms with Crippen molar-refractivity contribution < 1.29 is 0 Å². The molecule has 3 rings (SSSR count). The van der Waals surface area contributed by atoms with Gasteiger partial charge in [-0.15, -0.1) is 0 Å². The Morgan fingerprint density at radius 3 is 2.48 bits per heavy atom. The van der Waals surface area contributed by atoms with Gasteiger partial charge >= 0.3 is 0 Å². The van der Waals surface area contributed by atoms with Crippen LogP contribution in [0.2, 0.25) is 0 Å². The minimum absolute atomic E-state index is 0.703. The second-order valence-electron chi connectivity index (χ2n) is 5.98. The molecule has 4 heteroatoms. The van der Waals surface area contributed by atoms with E-state index in [2.05, 4.69) is 33.4 Å². The molecule has 0 saturated carbocycles. The van der Waals surface area contributed by atoms with E-state index in [1.165, 1.54) is 30.4 Å². The van der Waals surface area contributed by atoms with Crippen molar-refractivity contribution >= 4 is 5.82 Å². The van der Waals surface area contributed by atoms with E-state index in [1.54, 1.807) is 0 Å². The van der Waals surface area contributed by atoms with Gasteiger partial charge in [0.25, 0.3) is 0 Å². The minimum atomic E-state index is 0.703. The Hall–Kier alpha value is -2.38. The molecule has 1 N–H and O–H groups in total. The Balaban J connectivity index is 1.54. The molecule has 1 aliphatic rings. The molecule has 1 saturated heterocycles. The molecule has 118 valence electrons. The van der Waals surface area contributed by atoms with Crippen molar-refractivity contribution in [2.75, 3.05) is 18.0 Å². The van der Waals surface area contributed by atoms with E-state index in [4.69, 9.17) is 5.26 Å². The summed E-state index contributed by atoms with van der Waals surface area (Å²) in [5.74, 6) is 1.10. The van der Waals surface area contributed by atoms with Crippen molar-refractivity contribution in [2.45, 2.75) is 32.4 Å². The Labute approximate surface area is 137 Å². The quantitative estimate of drug-likeness (QED) is 0.921. The average Bonchev–Trinajstić information content (AvgIpc) is 2.63. The maximum atomic E-state index is 8.81. The monoisotopic (exact) mass is 306 g/mol. The molecule has 0 unspecified atom stereocenters. The first-order chi connectivity index (χ1) is 11.3. The van der Waals surface area contributed by atoms with Crippen LogP contribution >= 0.6 is 0 Å². The van der Waals surface area contributed by atoms with E-state index in [0.717, 1.165) is 32.0 Å². The summed E-state index contributed by atoms with van der Waals surface area (Å²) in [6, 6.07) is 14.1. The molecule has 0 amide bonds. The van der Waals surface area contributed by atoms with Gasteiger partial charge in [0.2, 0.25) is 0 Å². The maximum Gasteiger partial charge on any atom is 0.128 e. The van der Waals surface area contributed by atoms with E-state index in [9.17, 15) is 0 Å². The zero-order valence-corrected chi connectivity index (χ0v) is 13.3. The lowest BCUT2D eigenvalue weighted by Crippen LogP contribution is -2.30. The van der Waals surface area contributed by atoms with Crippen molar-refractivity contribution in [3.63, 3.8) is 0 Å². The minimum Gasteiger partial charge on any atom is -0.357 e. The lowest BCUT2D eigenvalue weighted by Gasteiger charge is -2.27. The highest BCUT2D eigenvalue weighted by atomic mass is 15.2. The largest absolute Gasteiger partial charge is 0.357 e. The number of aromatic nitrogens is 1. The van der Waals surface area contributed by atoms with Crippen LogP contribution in [-0.2, 0) is 13.1 Å². The predicted molar refractivity (Wildman–Crippen MR) is 92.0 cm³/mol. The Morgan fingerprint density at radius 1 is 1.00 bits per heavy atom. The Kier molecular flexibility index (Phi) is 5.23. The molecule has 0 aliphatic carbocycles. The molecule has 2 aromatic rings. The molecule has 1 aromatic carbocycles. The third-order valence-electron chi connectivity index (χ3n) is 4.23. The molecule has 2 heterocycles. The lowest BCUT2D eigenvalue weighted by molar-refractivity contribution is 0.573. The van der Waals surface area contributed by atoms with Crippen molar-refractivity contribution in [2.24, 2.45) is 0 Å². The third-order valence-corrected chi connectivity index (χ3v) is 4.23. The van der Waals surface area contributed by atoms with Gasteiger partial charge < -0.3 is 10.2 Å². The molecule has 1 fully saturated rings. The number of nitriles is 1. The van der Waals surface area contributed by atoms with Gasteiger partial charge in [0.1, 0.15) is 5.82 Å². The van der Waals surface area contributed by atoms with Gasteiger partial charge in [-0.3, -0.25) is 0 Å². The predicted octanol–water partition coefficient (Wildman–Crippen LogP) is 3.23. The van der Waals surface area contributed by atoms with Gasteiger partial charge in [-0.1, -0.05) is 12.1 Å². The molecule has 1 aromatic heterocycles. The number of benzene rings is 1. The summed E-state index contributed by atoms with van der Waals surface area (Å²) in [4.78, 5) is 6.90. The Morgan fingerprint density at radius 2 is 1.74 bits per heavy atom. The SMILES string of the molecule is N#Cc1ccc(CNCc2ccnc(N3CCCCC3)c2)cc1. The first-order valence-electron chi connectivity index (χ1n) is 8.25. The van der Waals surface area contributed by atoms with Crippen LogP contribution in [0.3, 0.4) is 0 Å². The summed E-state index contributed by atoms with van der Waals surface area (Å²) in [6.45, 7) is 3.86. The summed E-state index contributed by atoms with van der Waals surface area (Å²) in [5.41, 5.74) is 3.15. The summed E-state index contributed by atoms with van der Waals surface area (Å²) >= 11 is 0. The molecule has 0 radical (unpaired) electrons. The number of nitrogens with zero attached hydrogens (tertiary/aromatic N) is 3. The highest BCUT2D eigenvalue weighted by Gasteiger charge is 2.12. The van der Waals surface area contributed by atoms with Crippen molar-refractivity contribution in [3.8, 4) is 6.07 Å². The van der Waals surface area contributed by atoms with Crippen LogP contribution in [0.5, 0.6) is 0 Å². The first kappa shape index (κ1) is 15.5. The first-order valence-corrected chi connectivity index (χ1v) is 8.25. The van der Waals surface area contributed by atoms with E-state index >= 15 is 0 Å². The molecule has 0 spiro atoms. The van der Waals surface area contributed by atoms with E-state index < -0.39 is 0 Å². The molecule has 1 aliphatic heterocycles. The van der Waals surface area contributed by atoms with E-state index in [1.807, 2.05) is 30.5 Å². The van der Waals surface area contributed by atoms with Crippen molar-refractivity contribution in [1.82, 2.24) is 10.3 Å². The highest BCUT2D eigenvalue weighted by Crippen LogP contribution is 2.18. The normalized spacial score (nSPS) is 14.5. The molecule has 4 nitrogen and oxygen atoms in total. The van der Waals surface area contributed by atoms with Crippen LogP contribution in [0.1, 0.15) is 36.0 Å². The van der Waals surface area contributed by atoms with Crippen molar-refractivity contribution in [1.29, 1.82) is 5.26 Å². The van der Waals surface area contributed by atoms with Crippen LogP contribution in [0, 0.1) is 11.3 Å². The van der Waals surface area contributed by atoms with Crippen LogP contribution in [0.4, 0.5) is 5.82 Å². The number of anilines is 1. The fraction of sp³-hybridized carbons (Fsp3) is 0.368. The van der Waals surface area contributed by atoms with Gasteiger partial charge in [0.15, 0.2) is 0 Å². The van der Waals surface area contributed by atoms with E-state index in [-0.39, 0.29) is 0 Å². The fourth-order valence-electron chi connectivity index (χ4n) is 2.91. The number of hydrogen-bond acceptors (Lipinski definition) is 4. The second-order valence-corrected chi connectivity index (χ2v) is 5.98.